The van der Waals surface area contributed by atoms with Gasteiger partial charge in [-0.1, -0.05) is 6.08 Å². The average molecular weight is 174 g/mol. The van der Waals surface area contributed by atoms with Gasteiger partial charge in [-0.15, -0.1) is 6.58 Å². The van der Waals surface area contributed by atoms with Gasteiger partial charge in [-0.05, 0) is 12.2 Å². The number of amides is 1. The molecule has 0 aliphatic rings. The van der Waals surface area contributed by atoms with Crippen molar-refractivity contribution in [1.82, 2.24) is 0 Å². The molecule has 0 aliphatic heterocycles. The Morgan fingerprint density at radius 3 is 2.82 bits per heavy atom. The second-order valence-electron chi connectivity index (χ2n) is 2.16. The fraction of sp³-hybridized carbons (Fsp3) is 0.571. The molecule has 0 aliphatic carbocycles. The lowest BCUT2D eigenvalue weighted by molar-refractivity contribution is -0.119. The summed E-state index contributed by atoms with van der Waals surface area (Å²) in [7, 11) is 0. The van der Waals surface area contributed by atoms with E-state index >= 15 is 0 Å². The van der Waals surface area contributed by atoms with E-state index in [0.717, 1.165) is 11.5 Å². The van der Waals surface area contributed by atoms with E-state index in [1.54, 1.807) is 11.8 Å². The molecule has 0 heterocycles. The second-order valence-corrected chi connectivity index (χ2v) is 3.31. The lowest BCUT2D eigenvalue weighted by atomic mass is 10.2. The van der Waals surface area contributed by atoms with Gasteiger partial charge in [0.05, 0.1) is 6.04 Å². The summed E-state index contributed by atoms with van der Waals surface area (Å²) in [6.07, 6.45) is 2.47. The van der Waals surface area contributed by atoms with Crippen LogP contribution in [0.4, 0.5) is 0 Å². The van der Waals surface area contributed by atoms with Crippen molar-refractivity contribution >= 4 is 17.7 Å². The van der Waals surface area contributed by atoms with E-state index < -0.39 is 11.9 Å². The summed E-state index contributed by atoms with van der Waals surface area (Å²) in [4.78, 5) is 10.4. The Bertz CT molecular complexity index is 138. The van der Waals surface area contributed by atoms with Crippen LogP contribution in [0.25, 0.3) is 0 Å². The minimum atomic E-state index is -0.493. The van der Waals surface area contributed by atoms with E-state index in [-0.39, 0.29) is 0 Å². The summed E-state index contributed by atoms with van der Waals surface area (Å²) in [5.74, 6) is 1.32. The molecule has 0 fully saturated rings. The van der Waals surface area contributed by atoms with Crippen molar-refractivity contribution in [2.24, 2.45) is 11.5 Å². The maximum absolute atomic E-state index is 10.4. The Morgan fingerprint density at radius 1 is 1.73 bits per heavy atom. The van der Waals surface area contributed by atoms with E-state index in [4.69, 9.17) is 11.5 Å². The molecule has 0 unspecified atom stereocenters. The van der Waals surface area contributed by atoms with E-state index in [9.17, 15) is 4.79 Å². The van der Waals surface area contributed by atoms with Crippen LogP contribution < -0.4 is 11.5 Å². The minimum Gasteiger partial charge on any atom is -0.368 e. The number of carbonyl (C=O) groups is 1. The third-order valence-corrected chi connectivity index (χ3v) is 2.17. The summed E-state index contributed by atoms with van der Waals surface area (Å²) in [5, 5.41) is 0. The van der Waals surface area contributed by atoms with Crippen LogP contribution in [-0.4, -0.2) is 23.5 Å². The monoisotopic (exact) mass is 174 g/mol. The van der Waals surface area contributed by atoms with Crippen molar-refractivity contribution in [3.63, 3.8) is 0 Å². The van der Waals surface area contributed by atoms with Gasteiger partial charge in [0.25, 0.3) is 0 Å². The number of rotatable bonds is 6. The lowest BCUT2D eigenvalue weighted by Gasteiger charge is -2.04. The molecule has 4 heteroatoms. The molecule has 64 valence electrons. The quantitative estimate of drug-likeness (QED) is 0.443. The predicted octanol–water partition coefficient (Wildman–Crippen LogP) is 0.108. The van der Waals surface area contributed by atoms with Crippen LogP contribution in [-0.2, 0) is 4.79 Å². The van der Waals surface area contributed by atoms with Crippen LogP contribution in [0.3, 0.4) is 0 Å². The molecule has 0 radical (unpaired) electrons. The highest BCUT2D eigenvalue weighted by molar-refractivity contribution is 7.99. The Balaban J connectivity index is 3.24. The molecule has 0 aromatic heterocycles. The van der Waals surface area contributed by atoms with Gasteiger partial charge in [0.15, 0.2) is 0 Å². The zero-order valence-electron chi connectivity index (χ0n) is 6.45. The minimum absolute atomic E-state index is 0.427. The van der Waals surface area contributed by atoms with Crippen molar-refractivity contribution in [2.45, 2.75) is 12.5 Å². The van der Waals surface area contributed by atoms with Gasteiger partial charge >= 0.3 is 0 Å². The van der Waals surface area contributed by atoms with Gasteiger partial charge < -0.3 is 11.5 Å². The maximum Gasteiger partial charge on any atom is 0.234 e. The average Bonchev–Trinajstić information content (AvgIpc) is 1.97. The smallest absolute Gasteiger partial charge is 0.234 e. The van der Waals surface area contributed by atoms with Gasteiger partial charge in [0, 0.05) is 5.75 Å². The van der Waals surface area contributed by atoms with Crippen molar-refractivity contribution < 1.29 is 4.79 Å². The fourth-order valence-electron chi connectivity index (χ4n) is 0.519. The molecule has 0 saturated heterocycles. The third-order valence-electron chi connectivity index (χ3n) is 1.17. The number of primary amides is 1. The first kappa shape index (κ1) is 10.5. The first-order valence-electron chi connectivity index (χ1n) is 3.42. The maximum atomic E-state index is 10.4. The molecule has 1 atom stereocenters. The number of hydrogen-bond donors (Lipinski definition) is 2. The summed E-state index contributed by atoms with van der Waals surface area (Å²) < 4.78 is 0. The molecule has 0 bridgehead atoms. The molecule has 4 N–H and O–H groups in total. The standard InChI is InChI=1S/C7H14N2OS/c1-2-4-11-5-3-6(8)7(9)10/h2,6H,1,3-5,8H2,(H2,9,10)/t6-/m0/s1. The van der Waals surface area contributed by atoms with Gasteiger partial charge in [-0.2, -0.15) is 11.8 Å². The first-order valence-corrected chi connectivity index (χ1v) is 4.57. The molecule has 0 aromatic carbocycles. The zero-order chi connectivity index (χ0) is 8.69. The fourth-order valence-corrected chi connectivity index (χ4v) is 1.27. The number of hydrogen-bond acceptors (Lipinski definition) is 3. The Morgan fingerprint density at radius 2 is 2.36 bits per heavy atom. The van der Waals surface area contributed by atoms with Crippen LogP contribution in [0, 0.1) is 0 Å². The van der Waals surface area contributed by atoms with E-state index in [0.29, 0.717) is 6.42 Å². The van der Waals surface area contributed by atoms with Gasteiger partial charge in [0.2, 0.25) is 5.91 Å². The number of thioether (sulfide) groups is 1. The van der Waals surface area contributed by atoms with Crippen LogP contribution in [0.1, 0.15) is 6.42 Å². The summed E-state index contributed by atoms with van der Waals surface area (Å²) in [5.41, 5.74) is 10.3. The Labute approximate surface area is 71.2 Å². The van der Waals surface area contributed by atoms with Crippen molar-refractivity contribution in [2.75, 3.05) is 11.5 Å². The highest BCUT2D eigenvalue weighted by Crippen LogP contribution is 2.03. The van der Waals surface area contributed by atoms with Crippen molar-refractivity contribution in [1.29, 1.82) is 0 Å². The van der Waals surface area contributed by atoms with Gasteiger partial charge in [-0.25, -0.2) is 0 Å². The normalized spacial score (nSPS) is 12.5. The second kappa shape index (κ2) is 6.24. The number of carbonyl (C=O) groups excluding carboxylic acids is 1. The van der Waals surface area contributed by atoms with Crippen molar-refractivity contribution in [3.8, 4) is 0 Å². The Hall–Kier alpha value is -0.480. The lowest BCUT2D eigenvalue weighted by Crippen LogP contribution is -2.36. The largest absolute Gasteiger partial charge is 0.368 e. The van der Waals surface area contributed by atoms with Crippen LogP contribution in [0.2, 0.25) is 0 Å². The first-order chi connectivity index (χ1) is 5.18. The molecular formula is C7H14N2OS. The molecule has 0 rings (SSSR count). The molecule has 0 aromatic rings. The topological polar surface area (TPSA) is 69.1 Å². The molecular weight excluding hydrogens is 160 g/mol. The van der Waals surface area contributed by atoms with E-state index in [2.05, 4.69) is 6.58 Å². The highest BCUT2D eigenvalue weighted by Gasteiger charge is 2.07. The van der Waals surface area contributed by atoms with Crippen LogP contribution in [0.15, 0.2) is 12.7 Å². The molecule has 3 nitrogen and oxygen atoms in total. The van der Waals surface area contributed by atoms with E-state index in [1.807, 2.05) is 6.08 Å². The van der Waals surface area contributed by atoms with Crippen LogP contribution >= 0.6 is 11.8 Å². The third kappa shape index (κ3) is 5.94. The Kier molecular flexibility index (Phi) is 5.97. The zero-order valence-corrected chi connectivity index (χ0v) is 7.27. The van der Waals surface area contributed by atoms with Gasteiger partial charge in [-0.3, -0.25) is 4.79 Å². The number of nitrogens with two attached hydrogens (primary N) is 2. The SMILES string of the molecule is C=CCSCC[C@H](N)C(N)=O. The molecule has 0 spiro atoms. The summed E-state index contributed by atoms with van der Waals surface area (Å²) in [6.45, 7) is 3.57. The van der Waals surface area contributed by atoms with Crippen LogP contribution in [0.5, 0.6) is 0 Å². The molecule has 1 amide bonds. The predicted molar refractivity (Wildman–Crippen MR) is 49.3 cm³/mol. The molecule has 0 saturated carbocycles. The van der Waals surface area contributed by atoms with Crippen molar-refractivity contribution in [3.05, 3.63) is 12.7 Å². The summed E-state index contributed by atoms with van der Waals surface area (Å²) >= 11 is 1.69. The summed E-state index contributed by atoms with van der Waals surface area (Å²) in [6, 6.07) is -0.493. The molecule has 11 heavy (non-hydrogen) atoms. The highest BCUT2D eigenvalue weighted by atomic mass is 32.2. The van der Waals surface area contributed by atoms with Gasteiger partial charge in [0.1, 0.15) is 0 Å². The van der Waals surface area contributed by atoms with E-state index in [1.165, 1.54) is 0 Å².